The average Bonchev–Trinajstić information content (AvgIpc) is 3.22. The summed E-state index contributed by atoms with van der Waals surface area (Å²) in [5, 5.41) is 15.4. The van der Waals surface area contributed by atoms with E-state index >= 15 is 0 Å². The lowest BCUT2D eigenvalue weighted by Gasteiger charge is -2.34. The molecule has 4 bridgehead atoms. The zero-order chi connectivity index (χ0) is 22.5. The minimum Gasteiger partial charge on any atom is -0.493 e. The van der Waals surface area contributed by atoms with E-state index in [1.54, 1.807) is 18.2 Å². The van der Waals surface area contributed by atoms with Crippen molar-refractivity contribution in [2.24, 2.45) is 5.92 Å². The number of carbonyl (C=O) groups excluding carboxylic acids is 2. The number of fused-ring (bicyclic) bond motifs is 4. The van der Waals surface area contributed by atoms with Gasteiger partial charge >= 0.3 is 12.0 Å². The molecule has 2 heterocycles. The van der Waals surface area contributed by atoms with Crippen molar-refractivity contribution >= 4 is 23.6 Å². The lowest BCUT2D eigenvalue weighted by atomic mass is 9.83. The molecule has 0 radical (unpaired) electrons. The van der Waals surface area contributed by atoms with Gasteiger partial charge in [0.25, 0.3) is 0 Å². The van der Waals surface area contributed by atoms with Crippen LogP contribution < -0.4 is 15.4 Å². The highest BCUT2D eigenvalue weighted by Crippen LogP contribution is 2.30. The third-order valence-electron chi connectivity index (χ3n) is 6.51. The number of aliphatic carboxylic acids is 1. The normalized spacial score (nSPS) is 27.9. The van der Waals surface area contributed by atoms with Gasteiger partial charge in [0.05, 0.1) is 19.3 Å². The van der Waals surface area contributed by atoms with Crippen molar-refractivity contribution in [1.29, 1.82) is 0 Å². The van der Waals surface area contributed by atoms with E-state index in [1.165, 1.54) is 4.90 Å². The maximum absolute atomic E-state index is 13.6. The molecule has 1 aromatic rings. The number of hydrogen-bond acceptors (Lipinski definition) is 5. The molecule has 32 heavy (non-hydrogen) atoms. The fourth-order valence-electron chi connectivity index (χ4n) is 4.89. The van der Waals surface area contributed by atoms with Gasteiger partial charge < -0.3 is 30.1 Å². The van der Waals surface area contributed by atoms with Gasteiger partial charge in [-0.15, -0.1) is 0 Å². The van der Waals surface area contributed by atoms with Crippen LogP contribution in [0.25, 0.3) is 0 Å². The van der Waals surface area contributed by atoms with Gasteiger partial charge in [-0.2, -0.15) is 0 Å². The van der Waals surface area contributed by atoms with E-state index in [0.717, 1.165) is 32.1 Å². The highest BCUT2D eigenvalue weighted by molar-refractivity contribution is 5.95. The van der Waals surface area contributed by atoms with Crippen molar-refractivity contribution in [2.75, 3.05) is 25.1 Å². The predicted molar refractivity (Wildman–Crippen MR) is 117 cm³/mol. The van der Waals surface area contributed by atoms with Crippen LogP contribution >= 0.6 is 0 Å². The largest absolute Gasteiger partial charge is 0.493 e. The van der Waals surface area contributed by atoms with Gasteiger partial charge in [0, 0.05) is 31.1 Å². The molecule has 0 aromatic heterocycles. The number of nitrogens with zero attached hydrogens (tertiary/aromatic N) is 1. The van der Waals surface area contributed by atoms with Crippen LogP contribution in [-0.2, 0) is 14.3 Å². The predicted octanol–water partition coefficient (Wildman–Crippen LogP) is 2.61. The molecule has 1 saturated carbocycles. The molecule has 3 atom stereocenters. The standard InChI is InChI=1S/C23H31N3O6/c27-21-20(15-6-2-1-3-7-15)25-23(30)24-16-8-4-9-17(12-16)31-10-5-11-32-18-13-19(22(28)29)26(21)14-18/h4,8-9,12,15,18-20H,1-3,5-7,10-11,13-14H2,(H,28,29)(H2,24,25,30)/t18-,19+,20+/m1/s1. The third kappa shape index (κ3) is 5.32. The van der Waals surface area contributed by atoms with E-state index in [0.29, 0.717) is 31.1 Å². The summed E-state index contributed by atoms with van der Waals surface area (Å²) in [6.07, 6.45) is 5.26. The molecule has 1 aliphatic carbocycles. The average molecular weight is 446 g/mol. The van der Waals surface area contributed by atoms with E-state index in [1.807, 2.05) is 6.07 Å². The Bertz CT molecular complexity index is 841. The summed E-state index contributed by atoms with van der Waals surface area (Å²) >= 11 is 0. The van der Waals surface area contributed by atoms with E-state index in [9.17, 15) is 19.5 Å². The monoisotopic (exact) mass is 445 g/mol. The van der Waals surface area contributed by atoms with Crippen molar-refractivity contribution in [3.63, 3.8) is 0 Å². The molecule has 4 rings (SSSR count). The Morgan fingerprint density at radius 3 is 2.69 bits per heavy atom. The first kappa shape index (κ1) is 22.4. The van der Waals surface area contributed by atoms with Crippen LogP contribution in [0.3, 0.4) is 0 Å². The summed E-state index contributed by atoms with van der Waals surface area (Å²) in [5.41, 5.74) is 0.558. The lowest BCUT2D eigenvalue weighted by Crippen LogP contribution is -2.55. The Labute approximate surface area is 187 Å². The van der Waals surface area contributed by atoms with E-state index in [2.05, 4.69) is 10.6 Å². The number of hydrogen-bond donors (Lipinski definition) is 3. The van der Waals surface area contributed by atoms with E-state index in [4.69, 9.17) is 9.47 Å². The maximum atomic E-state index is 13.6. The first-order valence-corrected chi connectivity index (χ1v) is 11.5. The minimum absolute atomic E-state index is 0.0232. The number of benzene rings is 1. The van der Waals surface area contributed by atoms with Gasteiger partial charge in [-0.05, 0) is 30.9 Å². The number of carbonyl (C=O) groups is 3. The summed E-state index contributed by atoms with van der Waals surface area (Å²) in [6.45, 7) is 1.05. The number of ether oxygens (including phenoxy) is 2. The maximum Gasteiger partial charge on any atom is 0.326 e. The van der Waals surface area contributed by atoms with Crippen molar-refractivity contribution in [3.05, 3.63) is 24.3 Å². The van der Waals surface area contributed by atoms with Crippen LogP contribution in [-0.4, -0.2) is 65.9 Å². The number of nitrogens with one attached hydrogen (secondary N) is 2. The Morgan fingerprint density at radius 1 is 1.09 bits per heavy atom. The summed E-state index contributed by atoms with van der Waals surface area (Å²) in [7, 11) is 0. The molecule has 9 heteroatoms. The molecule has 9 nitrogen and oxygen atoms in total. The van der Waals surface area contributed by atoms with Crippen LogP contribution in [0.5, 0.6) is 5.75 Å². The van der Waals surface area contributed by atoms with Gasteiger partial charge in [-0.3, -0.25) is 4.79 Å². The Kier molecular flexibility index (Phi) is 7.14. The Hall–Kier alpha value is -2.81. The van der Waals surface area contributed by atoms with Crippen LogP contribution in [0.4, 0.5) is 10.5 Å². The van der Waals surface area contributed by atoms with Crippen LogP contribution in [0.1, 0.15) is 44.9 Å². The first-order valence-electron chi connectivity index (χ1n) is 11.5. The van der Waals surface area contributed by atoms with Gasteiger partial charge in [0.1, 0.15) is 17.8 Å². The second-order valence-electron chi connectivity index (χ2n) is 8.78. The molecule has 3 amide bonds. The van der Waals surface area contributed by atoms with Crippen LogP contribution in [0.2, 0.25) is 0 Å². The SMILES string of the molecule is O=C1Nc2cccc(c2)OCCCO[C@@H]2C[C@@H](C(=O)O)N(C2)C(=O)[C@H](C2CCCCC2)N1. The zero-order valence-corrected chi connectivity index (χ0v) is 18.1. The van der Waals surface area contributed by atoms with E-state index in [-0.39, 0.29) is 30.9 Å². The first-order chi connectivity index (χ1) is 15.5. The van der Waals surface area contributed by atoms with Gasteiger partial charge in [0.2, 0.25) is 5.91 Å². The second-order valence-corrected chi connectivity index (χ2v) is 8.78. The summed E-state index contributed by atoms with van der Waals surface area (Å²) < 4.78 is 11.6. The fraction of sp³-hybridized carbons (Fsp3) is 0.609. The number of urea groups is 1. The summed E-state index contributed by atoms with van der Waals surface area (Å²) in [4.78, 5) is 39.7. The van der Waals surface area contributed by atoms with Crippen molar-refractivity contribution in [2.45, 2.75) is 63.1 Å². The summed E-state index contributed by atoms with van der Waals surface area (Å²) in [6, 6.07) is 4.87. The number of anilines is 1. The topological polar surface area (TPSA) is 117 Å². The van der Waals surface area contributed by atoms with Gasteiger partial charge in [-0.1, -0.05) is 25.3 Å². The Morgan fingerprint density at radius 2 is 1.91 bits per heavy atom. The molecular weight excluding hydrogens is 414 g/mol. The van der Waals surface area contributed by atoms with Gasteiger partial charge in [-0.25, -0.2) is 9.59 Å². The molecular formula is C23H31N3O6. The fourth-order valence-corrected chi connectivity index (χ4v) is 4.89. The molecule has 2 aliphatic heterocycles. The quantitative estimate of drug-likeness (QED) is 0.644. The molecule has 0 spiro atoms. The molecule has 1 saturated heterocycles. The lowest BCUT2D eigenvalue weighted by molar-refractivity contribution is -0.149. The number of rotatable bonds is 2. The summed E-state index contributed by atoms with van der Waals surface area (Å²) in [5.74, 6) is -0.777. The van der Waals surface area contributed by atoms with Crippen molar-refractivity contribution in [1.82, 2.24) is 10.2 Å². The van der Waals surface area contributed by atoms with Crippen LogP contribution in [0, 0.1) is 5.92 Å². The highest BCUT2D eigenvalue weighted by Gasteiger charge is 2.44. The molecule has 3 aliphatic rings. The molecule has 0 unspecified atom stereocenters. The molecule has 174 valence electrons. The number of carboxylic acid groups (broad SMARTS) is 1. The minimum atomic E-state index is -1.05. The molecule has 1 aromatic carbocycles. The van der Waals surface area contributed by atoms with E-state index < -0.39 is 24.1 Å². The number of carboxylic acids is 1. The molecule has 3 N–H and O–H groups in total. The smallest absolute Gasteiger partial charge is 0.326 e. The van der Waals surface area contributed by atoms with Gasteiger partial charge in [0.15, 0.2) is 0 Å². The van der Waals surface area contributed by atoms with Crippen molar-refractivity contribution in [3.8, 4) is 5.75 Å². The zero-order valence-electron chi connectivity index (χ0n) is 18.1. The third-order valence-corrected chi connectivity index (χ3v) is 6.51. The molecule has 2 fully saturated rings. The highest BCUT2D eigenvalue weighted by atomic mass is 16.5. The second kappa shape index (κ2) is 10.2. The van der Waals surface area contributed by atoms with Crippen molar-refractivity contribution < 1.29 is 29.0 Å². The number of amides is 3. The Balaban J connectivity index is 1.60. The van der Waals surface area contributed by atoms with Crippen LogP contribution in [0.15, 0.2) is 24.3 Å².